The van der Waals surface area contributed by atoms with E-state index in [4.69, 9.17) is 10.5 Å². The first-order valence-electron chi connectivity index (χ1n) is 6.57. The van der Waals surface area contributed by atoms with Gasteiger partial charge in [-0.15, -0.1) is 0 Å². The molecular formula is C14H23N3O. The maximum absolute atomic E-state index is 5.63. The number of rotatable bonds is 4. The van der Waals surface area contributed by atoms with Crippen LogP contribution in [0, 0.1) is 0 Å². The van der Waals surface area contributed by atoms with Gasteiger partial charge in [-0.25, -0.2) is 0 Å². The predicted octanol–water partition coefficient (Wildman–Crippen LogP) is 1.16. The Bertz CT molecular complexity index is 366. The SMILES string of the molecule is COc1ccc(N2CCN(CCN)C(C)C2)cc1. The van der Waals surface area contributed by atoms with Crippen LogP contribution in [-0.4, -0.2) is 50.8 Å². The van der Waals surface area contributed by atoms with Gasteiger partial charge in [0.15, 0.2) is 0 Å². The lowest BCUT2D eigenvalue weighted by Crippen LogP contribution is -2.53. The molecule has 4 heteroatoms. The second-order valence-electron chi connectivity index (χ2n) is 4.82. The normalized spacial score (nSPS) is 21.1. The first kappa shape index (κ1) is 13.2. The number of anilines is 1. The Morgan fingerprint density at radius 3 is 2.56 bits per heavy atom. The second-order valence-corrected chi connectivity index (χ2v) is 4.82. The minimum atomic E-state index is 0.560. The molecule has 0 bridgehead atoms. The third kappa shape index (κ3) is 2.94. The molecule has 0 saturated carbocycles. The van der Waals surface area contributed by atoms with Gasteiger partial charge in [0.2, 0.25) is 0 Å². The molecule has 18 heavy (non-hydrogen) atoms. The van der Waals surface area contributed by atoms with Crippen molar-refractivity contribution in [2.75, 3.05) is 44.7 Å². The molecule has 1 aromatic rings. The van der Waals surface area contributed by atoms with E-state index in [9.17, 15) is 0 Å². The Morgan fingerprint density at radius 2 is 2.00 bits per heavy atom. The lowest BCUT2D eigenvalue weighted by Gasteiger charge is -2.40. The molecule has 4 nitrogen and oxygen atoms in total. The van der Waals surface area contributed by atoms with E-state index in [0.717, 1.165) is 38.5 Å². The Labute approximate surface area is 109 Å². The summed E-state index contributed by atoms with van der Waals surface area (Å²) in [5.41, 5.74) is 6.90. The average Bonchev–Trinajstić information content (AvgIpc) is 2.41. The predicted molar refractivity (Wildman–Crippen MR) is 75.3 cm³/mol. The van der Waals surface area contributed by atoms with Crippen LogP contribution >= 0.6 is 0 Å². The van der Waals surface area contributed by atoms with Crippen molar-refractivity contribution in [1.82, 2.24) is 4.90 Å². The highest BCUT2D eigenvalue weighted by atomic mass is 16.5. The van der Waals surface area contributed by atoms with Gasteiger partial charge in [0, 0.05) is 44.5 Å². The van der Waals surface area contributed by atoms with Crippen LogP contribution in [0.2, 0.25) is 0 Å². The van der Waals surface area contributed by atoms with Crippen LogP contribution in [0.4, 0.5) is 5.69 Å². The third-order valence-electron chi connectivity index (χ3n) is 3.62. The Balaban J connectivity index is 1.98. The molecule has 1 heterocycles. The van der Waals surface area contributed by atoms with Gasteiger partial charge in [0.1, 0.15) is 5.75 Å². The Morgan fingerprint density at radius 1 is 1.28 bits per heavy atom. The summed E-state index contributed by atoms with van der Waals surface area (Å²) in [6.45, 7) is 7.23. The van der Waals surface area contributed by atoms with Crippen LogP contribution in [0.5, 0.6) is 5.75 Å². The fourth-order valence-corrected chi connectivity index (χ4v) is 2.52. The molecule has 1 aliphatic rings. The van der Waals surface area contributed by atoms with E-state index in [0.29, 0.717) is 6.04 Å². The molecule has 0 aliphatic carbocycles. The molecule has 1 unspecified atom stereocenters. The summed E-state index contributed by atoms with van der Waals surface area (Å²) < 4.78 is 5.19. The lowest BCUT2D eigenvalue weighted by atomic mass is 10.1. The molecule has 0 spiro atoms. The summed E-state index contributed by atoms with van der Waals surface area (Å²) in [5.74, 6) is 0.911. The highest BCUT2D eigenvalue weighted by molar-refractivity contribution is 5.49. The van der Waals surface area contributed by atoms with E-state index >= 15 is 0 Å². The number of ether oxygens (including phenoxy) is 1. The first-order chi connectivity index (χ1) is 8.74. The minimum Gasteiger partial charge on any atom is -0.497 e. The second kappa shape index (κ2) is 6.07. The number of piperazine rings is 1. The molecule has 2 N–H and O–H groups in total. The largest absolute Gasteiger partial charge is 0.497 e. The maximum atomic E-state index is 5.63. The van der Waals surface area contributed by atoms with Gasteiger partial charge in [-0.05, 0) is 31.2 Å². The van der Waals surface area contributed by atoms with Crippen LogP contribution in [0.25, 0.3) is 0 Å². The molecule has 1 aromatic carbocycles. The van der Waals surface area contributed by atoms with E-state index in [1.165, 1.54) is 5.69 Å². The van der Waals surface area contributed by atoms with Crippen LogP contribution in [-0.2, 0) is 0 Å². The molecule has 2 rings (SSSR count). The van der Waals surface area contributed by atoms with Crippen LogP contribution in [0.15, 0.2) is 24.3 Å². The molecule has 100 valence electrons. The van der Waals surface area contributed by atoms with Crippen LogP contribution < -0.4 is 15.4 Å². The highest BCUT2D eigenvalue weighted by Gasteiger charge is 2.22. The number of nitrogens with two attached hydrogens (primary N) is 1. The summed E-state index contributed by atoms with van der Waals surface area (Å²) in [6, 6.07) is 8.86. The summed E-state index contributed by atoms with van der Waals surface area (Å²) in [6.07, 6.45) is 0. The minimum absolute atomic E-state index is 0.560. The van der Waals surface area contributed by atoms with Crippen molar-refractivity contribution in [2.45, 2.75) is 13.0 Å². The van der Waals surface area contributed by atoms with E-state index in [1.54, 1.807) is 7.11 Å². The maximum Gasteiger partial charge on any atom is 0.119 e. The summed E-state index contributed by atoms with van der Waals surface area (Å²) in [7, 11) is 1.70. The van der Waals surface area contributed by atoms with Crippen molar-refractivity contribution >= 4 is 5.69 Å². The molecule has 1 fully saturated rings. The number of nitrogens with zero attached hydrogens (tertiary/aromatic N) is 2. The Kier molecular flexibility index (Phi) is 4.44. The number of hydrogen-bond donors (Lipinski definition) is 1. The first-order valence-corrected chi connectivity index (χ1v) is 6.57. The van der Waals surface area contributed by atoms with Crippen molar-refractivity contribution in [3.05, 3.63) is 24.3 Å². The molecule has 0 aromatic heterocycles. The molecule has 1 atom stereocenters. The van der Waals surface area contributed by atoms with Crippen LogP contribution in [0.1, 0.15) is 6.92 Å². The van der Waals surface area contributed by atoms with Gasteiger partial charge < -0.3 is 15.4 Å². The third-order valence-corrected chi connectivity index (χ3v) is 3.62. The topological polar surface area (TPSA) is 41.7 Å². The molecule has 0 amide bonds. The van der Waals surface area contributed by atoms with Crippen molar-refractivity contribution in [2.24, 2.45) is 5.73 Å². The quantitative estimate of drug-likeness (QED) is 0.869. The van der Waals surface area contributed by atoms with Crippen LogP contribution in [0.3, 0.4) is 0 Å². The van der Waals surface area contributed by atoms with Gasteiger partial charge in [-0.3, -0.25) is 4.90 Å². The van der Waals surface area contributed by atoms with Gasteiger partial charge >= 0.3 is 0 Å². The molecule has 1 saturated heterocycles. The Hall–Kier alpha value is -1.26. The summed E-state index contributed by atoms with van der Waals surface area (Å²) in [5, 5.41) is 0. The smallest absolute Gasteiger partial charge is 0.119 e. The zero-order valence-electron chi connectivity index (χ0n) is 11.3. The summed E-state index contributed by atoms with van der Waals surface area (Å²) >= 11 is 0. The monoisotopic (exact) mass is 249 g/mol. The summed E-state index contributed by atoms with van der Waals surface area (Å²) in [4.78, 5) is 4.89. The average molecular weight is 249 g/mol. The van der Waals surface area contributed by atoms with Gasteiger partial charge in [0.25, 0.3) is 0 Å². The highest BCUT2D eigenvalue weighted by Crippen LogP contribution is 2.21. The standard InChI is InChI=1S/C14H23N3O/c1-12-11-17(10-9-16(12)8-7-15)13-3-5-14(18-2)6-4-13/h3-6,12H,7-11,15H2,1-2H3. The van der Waals surface area contributed by atoms with Gasteiger partial charge in [-0.2, -0.15) is 0 Å². The van der Waals surface area contributed by atoms with E-state index in [1.807, 2.05) is 12.1 Å². The zero-order valence-corrected chi connectivity index (χ0v) is 11.3. The van der Waals surface area contributed by atoms with Crippen molar-refractivity contribution in [3.63, 3.8) is 0 Å². The molecule has 1 aliphatic heterocycles. The number of hydrogen-bond acceptors (Lipinski definition) is 4. The number of benzene rings is 1. The molecular weight excluding hydrogens is 226 g/mol. The van der Waals surface area contributed by atoms with E-state index in [2.05, 4.69) is 28.9 Å². The van der Waals surface area contributed by atoms with Crippen molar-refractivity contribution < 1.29 is 4.74 Å². The lowest BCUT2D eigenvalue weighted by molar-refractivity contribution is 0.195. The molecule has 0 radical (unpaired) electrons. The van der Waals surface area contributed by atoms with E-state index < -0.39 is 0 Å². The fourth-order valence-electron chi connectivity index (χ4n) is 2.52. The van der Waals surface area contributed by atoms with Crippen molar-refractivity contribution in [3.8, 4) is 5.75 Å². The van der Waals surface area contributed by atoms with Gasteiger partial charge in [0.05, 0.1) is 7.11 Å². The van der Waals surface area contributed by atoms with Crippen molar-refractivity contribution in [1.29, 1.82) is 0 Å². The fraction of sp³-hybridized carbons (Fsp3) is 0.571. The number of methoxy groups -OCH3 is 1. The van der Waals surface area contributed by atoms with E-state index in [-0.39, 0.29) is 0 Å². The zero-order chi connectivity index (χ0) is 13.0. The van der Waals surface area contributed by atoms with Gasteiger partial charge in [-0.1, -0.05) is 0 Å².